The van der Waals surface area contributed by atoms with Gasteiger partial charge in [0.2, 0.25) is 11.7 Å². The number of carbonyl (C=O) groups is 3. The zero-order chi connectivity index (χ0) is 31.9. The number of rotatable bonds is 4. The highest BCUT2D eigenvalue weighted by Gasteiger charge is 2.66. The SMILES string of the molecule is CN(C)C1C(=O)C(C(=O)NC/N=C2\NC(=S)C3N=CN=C3N2)=C(O)C2(O)C(=O)C3=C(O)c4c(O)cccc4C(C)(O)C3CC12. The van der Waals surface area contributed by atoms with Crippen molar-refractivity contribution >= 4 is 58.6 Å². The highest BCUT2D eigenvalue weighted by Crippen LogP contribution is 2.57. The molecule has 1 saturated heterocycles. The van der Waals surface area contributed by atoms with E-state index in [4.69, 9.17) is 12.2 Å². The van der Waals surface area contributed by atoms with E-state index in [9.17, 15) is 39.9 Å². The molecule has 1 saturated carbocycles. The van der Waals surface area contributed by atoms with Gasteiger partial charge in [0.05, 0.1) is 17.2 Å². The molecule has 0 bridgehead atoms. The van der Waals surface area contributed by atoms with Crippen LogP contribution in [0.5, 0.6) is 5.75 Å². The van der Waals surface area contributed by atoms with Gasteiger partial charge in [0.25, 0.3) is 5.91 Å². The van der Waals surface area contributed by atoms with Gasteiger partial charge in [-0.05, 0) is 39.1 Å². The number of guanidine groups is 1. The maximum Gasteiger partial charge on any atom is 0.259 e. The molecule has 2 aliphatic heterocycles. The van der Waals surface area contributed by atoms with Crippen molar-refractivity contribution < 1.29 is 39.9 Å². The fraction of sp³-hybridized carbons (Fsp3) is 0.393. The molecule has 6 atom stereocenters. The molecule has 2 heterocycles. The molecule has 3 aliphatic carbocycles. The molecule has 5 aliphatic rings. The molecule has 0 radical (unpaired) electrons. The molecule has 1 aromatic carbocycles. The monoisotopic (exact) mass is 623 g/mol. The lowest BCUT2D eigenvalue weighted by Crippen LogP contribution is -2.67. The number of benzene rings is 1. The summed E-state index contributed by atoms with van der Waals surface area (Å²) >= 11 is 5.25. The van der Waals surface area contributed by atoms with Crippen LogP contribution in [0.1, 0.15) is 24.5 Å². The summed E-state index contributed by atoms with van der Waals surface area (Å²) in [6, 6.07) is 2.48. The third kappa shape index (κ3) is 4.02. The lowest BCUT2D eigenvalue weighted by molar-refractivity contribution is -0.159. The first kappa shape index (κ1) is 29.6. The van der Waals surface area contributed by atoms with Crippen LogP contribution < -0.4 is 16.0 Å². The van der Waals surface area contributed by atoms with Gasteiger partial charge in [-0.1, -0.05) is 24.4 Å². The number of hydrogen-bond acceptors (Lipinski definition) is 13. The molecule has 0 spiro atoms. The van der Waals surface area contributed by atoms with Gasteiger partial charge >= 0.3 is 0 Å². The number of carbonyl (C=O) groups excluding carboxylic acids is 3. The fourth-order valence-corrected chi connectivity index (χ4v) is 7.04. The van der Waals surface area contributed by atoms with E-state index in [2.05, 4.69) is 30.9 Å². The number of phenols is 1. The first-order valence-electron chi connectivity index (χ1n) is 13.6. The summed E-state index contributed by atoms with van der Waals surface area (Å²) in [6.07, 6.45) is 1.10. The number of aliphatic hydroxyl groups is 4. The average molecular weight is 624 g/mol. The lowest BCUT2D eigenvalue weighted by atomic mass is 9.54. The molecule has 0 aromatic heterocycles. The van der Waals surface area contributed by atoms with Crippen LogP contribution in [0.25, 0.3) is 5.76 Å². The van der Waals surface area contributed by atoms with E-state index >= 15 is 0 Å². The number of ketones is 2. The molecule has 230 valence electrons. The summed E-state index contributed by atoms with van der Waals surface area (Å²) in [6.45, 7) is 0.996. The number of thiocarbonyl (C=S) groups is 1. The average Bonchev–Trinajstić information content (AvgIpc) is 3.43. The summed E-state index contributed by atoms with van der Waals surface area (Å²) in [7, 11) is 3.02. The zero-order valence-electron chi connectivity index (χ0n) is 23.7. The van der Waals surface area contributed by atoms with E-state index < -0.39 is 87.7 Å². The second-order valence-corrected chi connectivity index (χ2v) is 12.0. The minimum absolute atomic E-state index is 0.151. The predicted molar refractivity (Wildman–Crippen MR) is 160 cm³/mol. The number of hydrogen-bond donors (Lipinski definition) is 8. The smallest absolute Gasteiger partial charge is 0.259 e. The van der Waals surface area contributed by atoms with E-state index in [1.165, 1.54) is 50.5 Å². The Labute approximate surface area is 255 Å². The Kier molecular flexibility index (Phi) is 6.73. The van der Waals surface area contributed by atoms with Gasteiger partial charge in [-0.25, -0.2) is 9.98 Å². The number of likely N-dealkylation sites (N-methyl/N-ethyl adjacent to an activating group) is 1. The van der Waals surface area contributed by atoms with Gasteiger partial charge in [-0.3, -0.25) is 24.3 Å². The van der Waals surface area contributed by atoms with Crippen LogP contribution in [0, 0.1) is 11.8 Å². The number of nitrogens with one attached hydrogen (secondary N) is 3. The number of fused-ring (bicyclic) bond motifs is 4. The molecule has 15 nitrogen and oxygen atoms in total. The number of amidine groups is 1. The Balaban J connectivity index is 1.37. The number of aliphatic hydroxyl groups excluding tert-OH is 2. The Morgan fingerprint density at radius 3 is 2.64 bits per heavy atom. The van der Waals surface area contributed by atoms with E-state index in [0.717, 1.165) is 0 Å². The molecule has 1 amide bonds. The summed E-state index contributed by atoms with van der Waals surface area (Å²) in [5.41, 5.74) is -5.97. The number of aliphatic imine (C=N–C) groups is 3. The van der Waals surface area contributed by atoms with E-state index in [-0.39, 0.29) is 23.5 Å². The highest BCUT2D eigenvalue weighted by atomic mass is 32.1. The minimum atomic E-state index is -2.83. The Morgan fingerprint density at radius 1 is 1.20 bits per heavy atom. The third-order valence-electron chi connectivity index (χ3n) is 8.89. The third-order valence-corrected chi connectivity index (χ3v) is 9.21. The van der Waals surface area contributed by atoms with Crippen molar-refractivity contribution in [3.63, 3.8) is 0 Å². The van der Waals surface area contributed by atoms with E-state index in [0.29, 0.717) is 10.8 Å². The first-order valence-corrected chi connectivity index (χ1v) is 14.0. The Morgan fingerprint density at radius 2 is 1.93 bits per heavy atom. The fourth-order valence-electron chi connectivity index (χ4n) is 6.77. The summed E-state index contributed by atoms with van der Waals surface area (Å²) in [5, 5.41) is 64.8. The molecule has 2 fully saturated rings. The van der Waals surface area contributed by atoms with Gasteiger partial charge in [0.15, 0.2) is 17.4 Å². The Bertz CT molecular complexity index is 1710. The van der Waals surface area contributed by atoms with Crippen LogP contribution in [0.15, 0.2) is 50.1 Å². The number of Topliss-reactive ketones (excluding diaryl/α,β-unsaturated/α-hetero) is 2. The van der Waals surface area contributed by atoms with Crippen molar-refractivity contribution in [2.45, 2.75) is 36.6 Å². The summed E-state index contributed by atoms with van der Waals surface area (Å²) < 4.78 is 0. The molecular weight excluding hydrogens is 594 g/mol. The molecular formula is C28H29N7O8S. The van der Waals surface area contributed by atoms with E-state index in [1.807, 2.05) is 0 Å². The highest BCUT2D eigenvalue weighted by molar-refractivity contribution is 7.80. The number of phenolic OH excluding ortho intramolecular Hbond substituents is 1. The summed E-state index contributed by atoms with van der Waals surface area (Å²) in [4.78, 5) is 55.3. The standard InChI is InChI=1S/C28H29N7O8S/c1-27(42)10-5-4-6-13(36)14(10)19(37)15-11(27)7-12-18(35(2)3)20(38)16(22(40)28(12,43)21(15)39)24(41)31-9-32-26-33-23-17(25(44)34-26)29-8-30-23/h4-6,8,11-12,17-18,36-37,40,42-43H,7,9H2,1-3H3,(H,31,41)(H2,29,30,32,33,34,44). The maximum atomic E-state index is 14.1. The van der Waals surface area contributed by atoms with Crippen LogP contribution >= 0.6 is 12.2 Å². The molecule has 16 heteroatoms. The van der Waals surface area contributed by atoms with Gasteiger partial charge in [-0.2, -0.15) is 0 Å². The number of aromatic hydroxyl groups is 1. The van der Waals surface area contributed by atoms with Gasteiger partial charge in [0.1, 0.15) is 46.7 Å². The van der Waals surface area contributed by atoms with E-state index in [1.54, 1.807) is 0 Å². The van der Waals surface area contributed by atoms with Crippen molar-refractivity contribution in [2.24, 2.45) is 26.8 Å². The van der Waals surface area contributed by atoms with Gasteiger partial charge < -0.3 is 41.5 Å². The van der Waals surface area contributed by atoms with Crippen LogP contribution in [-0.2, 0) is 20.0 Å². The zero-order valence-corrected chi connectivity index (χ0v) is 24.5. The lowest BCUT2D eigenvalue weighted by Gasteiger charge is -2.53. The molecule has 6 rings (SSSR count). The quantitative estimate of drug-likeness (QED) is 0.148. The molecule has 44 heavy (non-hydrogen) atoms. The molecule has 1 aromatic rings. The second kappa shape index (κ2) is 10.0. The van der Waals surface area contributed by atoms with Gasteiger partial charge in [-0.15, -0.1) is 0 Å². The van der Waals surface area contributed by atoms with Crippen molar-refractivity contribution in [1.29, 1.82) is 0 Å². The van der Waals surface area contributed by atoms with Crippen molar-refractivity contribution in [1.82, 2.24) is 20.9 Å². The van der Waals surface area contributed by atoms with Crippen molar-refractivity contribution in [3.8, 4) is 5.75 Å². The normalized spacial score (nSPS) is 33.4. The topological polar surface area (TPSA) is 229 Å². The van der Waals surface area contributed by atoms with Crippen LogP contribution in [0.2, 0.25) is 0 Å². The number of amides is 1. The second-order valence-electron chi connectivity index (χ2n) is 11.6. The number of nitrogens with zero attached hydrogens (tertiary/aromatic N) is 4. The van der Waals surface area contributed by atoms with Crippen LogP contribution in [0.3, 0.4) is 0 Å². The van der Waals surface area contributed by atoms with Crippen LogP contribution in [-0.4, -0.2) is 109 Å². The summed E-state index contributed by atoms with van der Waals surface area (Å²) in [5.74, 6) is -7.30. The minimum Gasteiger partial charge on any atom is -0.508 e. The first-order chi connectivity index (χ1) is 20.7. The van der Waals surface area contributed by atoms with Crippen molar-refractivity contribution in [2.75, 3.05) is 20.8 Å². The van der Waals surface area contributed by atoms with Crippen molar-refractivity contribution in [3.05, 3.63) is 46.2 Å². The van der Waals surface area contributed by atoms with Crippen LogP contribution in [0.4, 0.5) is 0 Å². The largest absolute Gasteiger partial charge is 0.508 e. The molecule has 6 unspecified atom stereocenters. The Hall–Kier alpha value is -4.51. The molecule has 8 N–H and O–H groups in total. The van der Waals surface area contributed by atoms with Gasteiger partial charge in [0, 0.05) is 17.4 Å². The maximum absolute atomic E-state index is 14.1. The predicted octanol–water partition coefficient (Wildman–Crippen LogP) is -1.10.